The molecule has 164 valence electrons. The van der Waals surface area contributed by atoms with Crippen molar-refractivity contribution in [3.8, 4) is 0 Å². The molecule has 3 heterocycles. The highest BCUT2D eigenvalue weighted by molar-refractivity contribution is 14.0. The van der Waals surface area contributed by atoms with Gasteiger partial charge in [-0.3, -0.25) is 9.89 Å². The van der Waals surface area contributed by atoms with Crippen LogP contribution in [-0.4, -0.2) is 86.5 Å². The summed E-state index contributed by atoms with van der Waals surface area (Å²) in [6, 6.07) is 0.625. The van der Waals surface area contributed by atoms with Gasteiger partial charge in [0.25, 0.3) is 0 Å². The molecule has 2 unspecified atom stereocenters. The van der Waals surface area contributed by atoms with Gasteiger partial charge in [0.1, 0.15) is 0 Å². The van der Waals surface area contributed by atoms with Crippen LogP contribution in [0.5, 0.6) is 0 Å². The second-order valence-corrected chi connectivity index (χ2v) is 8.13. The Kier molecular flexibility index (Phi) is 11.4. The summed E-state index contributed by atoms with van der Waals surface area (Å²) in [5, 5.41) is 3.50. The molecule has 3 saturated heterocycles. The first kappa shape index (κ1) is 24.2. The van der Waals surface area contributed by atoms with E-state index >= 15 is 0 Å². The number of nitrogens with one attached hydrogen (secondary N) is 1. The number of likely N-dealkylation sites (tertiary alicyclic amines) is 2. The van der Waals surface area contributed by atoms with Crippen LogP contribution in [0.3, 0.4) is 0 Å². The van der Waals surface area contributed by atoms with Gasteiger partial charge in [0.2, 0.25) is 0 Å². The van der Waals surface area contributed by atoms with Crippen molar-refractivity contribution in [1.29, 1.82) is 0 Å². The van der Waals surface area contributed by atoms with Crippen molar-refractivity contribution in [3.05, 3.63) is 0 Å². The van der Waals surface area contributed by atoms with Crippen molar-refractivity contribution in [2.45, 2.75) is 77.0 Å². The summed E-state index contributed by atoms with van der Waals surface area (Å²) in [6.45, 7) is 12.4. The molecule has 0 radical (unpaired) electrons. The van der Waals surface area contributed by atoms with Crippen LogP contribution in [-0.2, 0) is 9.47 Å². The average Bonchev–Trinajstić information content (AvgIpc) is 3.18. The largest absolute Gasteiger partial charge is 0.376 e. The molecule has 0 aromatic carbocycles. The molecule has 0 spiro atoms. The summed E-state index contributed by atoms with van der Waals surface area (Å²) in [7, 11) is 0. The molecule has 7 heteroatoms. The minimum Gasteiger partial charge on any atom is -0.376 e. The van der Waals surface area contributed by atoms with E-state index < -0.39 is 0 Å². The van der Waals surface area contributed by atoms with Gasteiger partial charge in [-0.1, -0.05) is 6.92 Å². The standard InChI is InChI=1S/C21H40N4O2.HI/c1-3-22-21(23-16-18-8-7-12-24(18)4-2)25-13-10-19(11-14-25)27-17-20-9-5-6-15-26-20;/h18-20H,3-17H2,1-2H3,(H,22,23);1H. The van der Waals surface area contributed by atoms with Gasteiger partial charge in [0, 0.05) is 32.3 Å². The molecular weight excluding hydrogens is 467 g/mol. The summed E-state index contributed by atoms with van der Waals surface area (Å²) in [6.07, 6.45) is 9.12. The zero-order chi connectivity index (χ0) is 18.9. The highest BCUT2D eigenvalue weighted by Crippen LogP contribution is 2.19. The molecule has 3 aliphatic heterocycles. The lowest BCUT2D eigenvalue weighted by Crippen LogP contribution is -2.47. The summed E-state index contributed by atoms with van der Waals surface area (Å²) >= 11 is 0. The van der Waals surface area contributed by atoms with E-state index in [9.17, 15) is 0 Å². The first-order chi connectivity index (χ1) is 13.3. The summed E-state index contributed by atoms with van der Waals surface area (Å²) < 4.78 is 12.0. The minimum atomic E-state index is 0. The SMILES string of the molecule is CCNC(=NCC1CCCN1CC)N1CCC(OCC2CCCCO2)CC1.I. The molecule has 3 fully saturated rings. The summed E-state index contributed by atoms with van der Waals surface area (Å²) in [4.78, 5) is 9.98. The molecule has 0 saturated carbocycles. The van der Waals surface area contributed by atoms with Crippen molar-refractivity contribution < 1.29 is 9.47 Å². The molecule has 0 amide bonds. The Labute approximate surface area is 188 Å². The van der Waals surface area contributed by atoms with E-state index in [1.165, 1.54) is 32.2 Å². The van der Waals surface area contributed by atoms with Crippen molar-refractivity contribution >= 4 is 29.9 Å². The second-order valence-electron chi connectivity index (χ2n) is 8.13. The summed E-state index contributed by atoms with van der Waals surface area (Å²) in [5.74, 6) is 1.09. The Bertz CT molecular complexity index is 452. The maximum absolute atomic E-state index is 6.16. The van der Waals surface area contributed by atoms with Gasteiger partial charge < -0.3 is 19.7 Å². The number of likely N-dealkylation sites (N-methyl/N-ethyl adjacent to an activating group) is 1. The number of ether oxygens (including phenoxy) is 2. The molecule has 3 rings (SSSR count). The van der Waals surface area contributed by atoms with Crippen LogP contribution >= 0.6 is 24.0 Å². The normalized spacial score (nSPS) is 27.6. The number of aliphatic imine (C=N–C) groups is 1. The van der Waals surface area contributed by atoms with Crippen molar-refractivity contribution in [3.63, 3.8) is 0 Å². The van der Waals surface area contributed by atoms with E-state index in [-0.39, 0.29) is 24.0 Å². The fourth-order valence-electron chi connectivity index (χ4n) is 4.55. The number of hydrogen-bond acceptors (Lipinski definition) is 4. The van der Waals surface area contributed by atoms with E-state index in [1.54, 1.807) is 0 Å². The molecule has 3 aliphatic rings. The van der Waals surface area contributed by atoms with Gasteiger partial charge in [0.05, 0.1) is 25.4 Å². The predicted octanol–water partition coefficient (Wildman–Crippen LogP) is 3.10. The van der Waals surface area contributed by atoms with Crippen molar-refractivity contribution in [2.75, 3.05) is 52.5 Å². The van der Waals surface area contributed by atoms with Gasteiger partial charge in [0.15, 0.2) is 5.96 Å². The smallest absolute Gasteiger partial charge is 0.193 e. The number of halogens is 1. The van der Waals surface area contributed by atoms with E-state index in [4.69, 9.17) is 14.5 Å². The lowest BCUT2D eigenvalue weighted by molar-refractivity contribution is -0.0721. The van der Waals surface area contributed by atoms with Crippen molar-refractivity contribution in [1.82, 2.24) is 15.1 Å². The average molecular weight is 508 g/mol. The summed E-state index contributed by atoms with van der Waals surface area (Å²) in [5.41, 5.74) is 0. The molecule has 0 aromatic rings. The Morgan fingerprint density at radius 1 is 1.07 bits per heavy atom. The van der Waals surface area contributed by atoms with Gasteiger partial charge in [-0.25, -0.2) is 0 Å². The van der Waals surface area contributed by atoms with Crippen LogP contribution < -0.4 is 5.32 Å². The fourth-order valence-corrected chi connectivity index (χ4v) is 4.55. The predicted molar refractivity (Wildman–Crippen MR) is 126 cm³/mol. The van der Waals surface area contributed by atoms with Crippen LogP contribution in [0, 0.1) is 0 Å². The number of nitrogens with zero attached hydrogens (tertiary/aromatic N) is 3. The van der Waals surface area contributed by atoms with Gasteiger partial charge in [-0.15, -0.1) is 24.0 Å². The first-order valence-electron chi connectivity index (χ1n) is 11.3. The van der Waals surface area contributed by atoms with Crippen LogP contribution in [0.15, 0.2) is 4.99 Å². The number of guanidine groups is 1. The molecule has 2 atom stereocenters. The Morgan fingerprint density at radius 2 is 1.89 bits per heavy atom. The zero-order valence-corrected chi connectivity index (χ0v) is 20.2. The lowest BCUT2D eigenvalue weighted by Gasteiger charge is -2.35. The number of rotatable bonds is 7. The van der Waals surface area contributed by atoms with Crippen LogP contribution in [0.1, 0.15) is 58.8 Å². The Hall–Kier alpha value is -0.120. The number of piperidine rings is 1. The van der Waals surface area contributed by atoms with E-state index in [0.29, 0.717) is 18.2 Å². The highest BCUT2D eigenvalue weighted by Gasteiger charge is 2.25. The number of hydrogen-bond donors (Lipinski definition) is 1. The fraction of sp³-hybridized carbons (Fsp3) is 0.952. The first-order valence-corrected chi connectivity index (χ1v) is 11.3. The molecule has 6 nitrogen and oxygen atoms in total. The third-order valence-corrected chi connectivity index (χ3v) is 6.23. The monoisotopic (exact) mass is 508 g/mol. The lowest BCUT2D eigenvalue weighted by atomic mass is 10.1. The van der Waals surface area contributed by atoms with Crippen LogP contribution in [0.2, 0.25) is 0 Å². The van der Waals surface area contributed by atoms with Gasteiger partial charge in [-0.05, 0) is 65.0 Å². The molecule has 0 aliphatic carbocycles. The third-order valence-electron chi connectivity index (χ3n) is 6.23. The topological polar surface area (TPSA) is 49.3 Å². The zero-order valence-electron chi connectivity index (χ0n) is 17.9. The van der Waals surface area contributed by atoms with Crippen LogP contribution in [0.25, 0.3) is 0 Å². The second kappa shape index (κ2) is 13.2. The molecule has 0 aromatic heterocycles. The Morgan fingerprint density at radius 3 is 2.57 bits per heavy atom. The van der Waals surface area contributed by atoms with E-state index in [1.807, 2.05) is 0 Å². The molecule has 28 heavy (non-hydrogen) atoms. The minimum absolute atomic E-state index is 0. The van der Waals surface area contributed by atoms with Gasteiger partial charge in [-0.2, -0.15) is 0 Å². The maximum atomic E-state index is 6.16. The molecule has 0 bridgehead atoms. The van der Waals surface area contributed by atoms with Crippen LogP contribution in [0.4, 0.5) is 0 Å². The van der Waals surface area contributed by atoms with E-state index in [2.05, 4.69) is 29.0 Å². The highest BCUT2D eigenvalue weighted by atomic mass is 127. The molecule has 1 N–H and O–H groups in total. The van der Waals surface area contributed by atoms with Gasteiger partial charge >= 0.3 is 0 Å². The van der Waals surface area contributed by atoms with E-state index in [0.717, 1.165) is 71.2 Å². The Balaban J connectivity index is 0.00000280. The van der Waals surface area contributed by atoms with Crippen molar-refractivity contribution in [2.24, 2.45) is 4.99 Å². The maximum Gasteiger partial charge on any atom is 0.193 e. The third kappa shape index (κ3) is 7.29. The quantitative estimate of drug-likeness (QED) is 0.326. The molecular formula is C21H41IN4O2.